The Balaban J connectivity index is 1.25. The third-order valence-electron chi connectivity index (χ3n) is 6.72. The molecule has 0 bridgehead atoms. The number of nitrogens with zero attached hydrogens (tertiary/aromatic N) is 6. The maximum Gasteiger partial charge on any atom is 0.573 e. The number of benzene rings is 3. The molecule has 5 rings (SSSR count). The minimum atomic E-state index is -4.77. The lowest BCUT2D eigenvalue weighted by molar-refractivity contribution is -0.274. The second-order valence-corrected chi connectivity index (χ2v) is 11.3. The molecule has 1 aromatic heterocycles. The first-order valence-corrected chi connectivity index (χ1v) is 14.7. The van der Waals surface area contributed by atoms with E-state index in [1.54, 1.807) is 31.2 Å². The fourth-order valence-electron chi connectivity index (χ4n) is 4.51. The molecule has 0 atom stereocenters. The molecule has 10 nitrogen and oxygen atoms in total. The van der Waals surface area contributed by atoms with Crippen LogP contribution in [0.25, 0.3) is 17.1 Å². The number of hydrogen-bond acceptors (Lipinski definition) is 7. The number of halogens is 3. The summed E-state index contributed by atoms with van der Waals surface area (Å²) in [6, 6.07) is 17.6. The minimum absolute atomic E-state index is 0.147. The topological polar surface area (TPSA) is 114 Å². The van der Waals surface area contributed by atoms with Crippen molar-refractivity contribution in [1.82, 2.24) is 20.2 Å². The highest BCUT2D eigenvalue weighted by Crippen LogP contribution is 2.34. The molecule has 1 saturated heterocycles. The van der Waals surface area contributed by atoms with E-state index in [9.17, 15) is 22.8 Å². The summed E-state index contributed by atoms with van der Waals surface area (Å²) < 4.78 is 42.6. The minimum Gasteiger partial charge on any atom is -0.406 e. The molecule has 1 N–H and O–H groups in total. The first-order valence-electron chi connectivity index (χ1n) is 13.8. The summed E-state index contributed by atoms with van der Waals surface area (Å²) in [6.45, 7) is 7.76. The van der Waals surface area contributed by atoms with Crippen molar-refractivity contribution in [2.24, 2.45) is 10.1 Å². The number of hydrazone groups is 1. The molecule has 1 fully saturated rings. The number of nitrogens with one attached hydrogen (secondary N) is 1. The summed E-state index contributed by atoms with van der Waals surface area (Å²) in [6.07, 6.45) is -3.32. The molecular formula is C31H28F3N7O3S. The van der Waals surface area contributed by atoms with Crippen molar-refractivity contribution in [3.63, 3.8) is 0 Å². The highest BCUT2D eigenvalue weighted by molar-refractivity contribution is 8.15. The maximum absolute atomic E-state index is 12.8. The van der Waals surface area contributed by atoms with Gasteiger partial charge in [-0.2, -0.15) is 10.1 Å². The van der Waals surface area contributed by atoms with Crippen LogP contribution in [0.2, 0.25) is 0 Å². The van der Waals surface area contributed by atoms with Crippen molar-refractivity contribution < 1.29 is 27.5 Å². The first-order chi connectivity index (χ1) is 21.4. The number of carbonyl (C=O) groups excluding carboxylic acids is 2. The van der Waals surface area contributed by atoms with E-state index in [4.69, 9.17) is 0 Å². The number of rotatable bonds is 7. The number of aliphatic imine (C=N–C) groups is 1. The fourth-order valence-corrected chi connectivity index (χ4v) is 5.36. The van der Waals surface area contributed by atoms with Crippen LogP contribution in [0.1, 0.15) is 43.4 Å². The van der Waals surface area contributed by atoms with Crippen LogP contribution in [-0.2, 0) is 4.79 Å². The van der Waals surface area contributed by atoms with Crippen molar-refractivity contribution in [3.8, 4) is 22.8 Å². The molecule has 2 heterocycles. The number of ether oxygens (including phenoxy) is 1. The SMILES string of the molecule is C/C(=N\NC(=O)N=C1SCC(=O)N1c1cc(C)ccc1C(C)C)c1ccc(-c2ncn(-c3ccc(OC(F)(F)F)cc3)n2)cc1. The van der Waals surface area contributed by atoms with Crippen molar-refractivity contribution >= 4 is 40.3 Å². The molecule has 0 spiro atoms. The van der Waals surface area contributed by atoms with E-state index in [0.29, 0.717) is 28.0 Å². The van der Waals surface area contributed by atoms with Crippen LogP contribution >= 0.6 is 11.8 Å². The summed E-state index contributed by atoms with van der Waals surface area (Å²) in [4.78, 5) is 35.4. The van der Waals surface area contributed by atoms with Gasteiger partial charge in [-0.25, -0.2) is 19.9 Å². The lowest BCUT2D eigenvalue weighted by Crippen LogP contribution is -2.32. The Morgan fingerprint density at radius 3 is 2.44 bits per heavy atom. The van der Waals surface area contributed by atoms with Gasteiger partial charge >= 0.3 is 12.4 Å². The van der Waals surface area contributed by atoms with Gasteiger partial charge in [-0.15, -0.1) is 18.3 Å². The van der Waals surface area contributed by atoms with E-state index in [2.05, 4.69) is 30.3 Å². The van der Waals surface area contributed by atoms with Crippen molar-refractivity contribution in [2.45, 2.75) is 40.0 Å². The normalized spacial score (nSPS) is 14.8. The molecule has 1 aliphatic heterocycles. The molecule has 3 aromatic carbocycles. The summed E-state index contributed by atoms with van der Waals surface area (Å²) >= 11 is 1.20. The molecule has 0 aliphatic carbocycles. The number of aromatic nitrogens is 3. The standard InChI is InChI=1S/C31H28F3N7O3S/c1-18(2)25-14-5-19(3)15-26(25)41-27(42)16-45-30(41)36-29(43)38-37-20(4)21-6-8-22(9-7-21)28-35-17-40(39-28)23-10-12-24(13-11-23)44-31(32,33)34/h5-15,17-18H,16H2,1-4H3,(H,38,43)/b36-30?,37-20+. The lowest BCUT2D eigenvalue weighted by Gasteiger charge is -2.22. The Morgan fingerprint density at radius 2 is 1.78 bits per heavy atom. The quantitative estimate of drug-likeness (QED) is 0.176. The largest absolute Gasteiger partial charge is 0.573 e. The summed E-state index contributed by atoms with van der Waals surface area (Å²) in [5.74, 6) is 0.272. The Morgan fingerprint density at radius 1 is 1.07 bits per heavy atom. The molecule has 45 heavy (non-hydrogen) atoms. The van der Waals surface area contributed by atoms with Crippen molar-refractivity contribution in [2.75, 3.05) is 10.7 Å². The second kappa shape index (κ2) is 12.9. The Hall–Kier alpha value is -4.98. The van der Waals surface area contributed by atoms with Crippen LogP contribution in [0.3, 0.4) is 0 Å². The van der Waals surface area contributed by atoms with E-state index >= 15 is 0 Å². The Bertz CT molecular complexity index is 1780. The number of amides is 3. The smallest absolute Gasteiger partial charge is 0.406 e. The Kier molecular flexibility index (Phi) is 9.04. The van der Waals surface area contributed by atoms with Crippen LogP contribution in [0, 0.1) is 6.92 Å². The maximum atomic E-state index is 12.8. The average molecular weight is 636 g/mol. The van der Waals surface area contributed by atoms with E-state index in [0.717, 1.165) is 22.4 Å². The fraction of sp³-hybridized carbons (Fsp3) is 0.226. The lowest BCUT2D eigenvalue weighted by atomic mass is 9.99. The molecule has 14 heteroatoms. The molecule has 3 amide bonds. The zero-order chi connectivity index (χ0) is 32.3. The summed E-state index contributed by atoms with van der Waals surface area (Å²) in [7, 11) is 0. The van der Waals surface area contributed by atoms with Gasteiger partial charge in [-0.3, -0.25) is 9.69 Å². The van der Waals surface area contributed by atoms with Gasteiger partial charge in [0.05, 0.1) is 22.8 Å². The number of thioether (sulfide) groups is 1. The van der Waals surface area contributed by atoms with Gasteiger partial charge in [0.1, 0.15) is 12.1 Å². The van der Waals surface area contributed by atoms with Gasteiger partial charge in [0, 0.05) is 5.56 Å². The molecule has 0 radical (unpaired) electrons. The monoisotopic (exact) mass is 635 g/mol. The predicted molar refractivity (Wildman–Crippen MR) is 167 cm³/mol. The van der Waals surface area contributed by atoms with Crippen LogP contribution in [0.5, 0.6) is 5.75 Å². The molecule has 0 unspecified atom stereocenters. The zero-order valence-electron chi connectivity index (χ0n) is 24.7. The molecule has 232 valence electrons. The molecular weight excluding hydrogens is 607 g/mol. The van der Waals surface area contributed by atoms with Crippen LogP contribution < -0.4 is 15.1 Å². The van der Waals surface area contributed by atoms with Gasteiger partial charge < -0.3 is 4.74 Å². The van der Waals surface area contributed by atoms with Gasteiger partial charge in [0.25, 0.3) is 0 Å². The van der Waals surface area contributed by atoms with Crippen molar-refractivity contribution in [1.29, 1.82) is 0 Å². The number of alkyl halides is 3. The summed E-state index contributed by atoms with van der Waals surface area (Å²) in [5.41, 5.74) is 7.57. The number of carbonyl (C=O) groups is 2. The molecule has 4 aromatic rings. The zero-order valence-corrected chi connectivity index (χ0v) is 25.5. The number of hydrogen-bond donors (Lipinski definition) is 1. The highest BCUT2D eigenvalue weighted by atomic mass is 32.2. The van der Waals surface area contributed by atoms with Gasteiger partial charge in [0.15, 0.2) is 11.0 Å². The number of amidine groups is 1. The molecule has 0 saturated carbocycles. The third kappa shape index (κ3) is 7.58. The highest BCUT2D eigenvalue weighted by Gasteiger charge is 2.33. The van der Waals surface area contributed by atoms with E-state index in [-0.39, 0.29) is 23.3 Å². The van der Waals surface area contributed by atoms with E-state index < -0.39 is 12.4 Å². The first kappa shape index (κ1) is 31.4. The number of anilines is 1. The van der Waals surface area contributed by atoms with Crippen LogP contribution in [0.4, 0.5) is 23.7 Å². The summed E-state index contributed by atoms with van der Waals surface area (Å²) in [5, 5.41) is 8.86. The number of urea groups is 1. The van der Waals surface area contributed by atoms with E-state index in [1.165, 1.54) is 51.9 Å². The van der Waals surface area contributed by atoms with Crippen LogP contribution in [0.15, 0.2) is 83.2 Å². The Labute approximate surface area is 261 Å². The van der Waals surface area contributed by atoms with E-state index in [1.807, 2.05) is 39.0 Å². The van der Waals surface area contributed by atoms with Crippen molar-refractivity contribution in [3.05, 3.63) is 89.7 Å². The predicted octanol–water partition coefficient (Wildman–Crippen LogP) is 6.83. The van der Waals surface area contributed by atoms with Crippen LogP contribution in [-0.4, -0.2) is 49.7 Å². The number of aryl methyl sites for hydroxylation is 1. The second-order valence-electron chi connectivity index (χ2n) is 10.4. The van der Waals surface area contributed by atoms with Gasteiger partial charge in [0.2, 0.25) is 5.91 Å². The third-order valence-corrected chi connectivity index (χ3v) is 7.64. The van der Waals surface area contributed by atoms with Gasteiger partial charge in [-0.05, 0) is 66.8 Å². The molecule has 1 aliphatic rings. The van der Waals surface area contributed by atoms with Gasteiger partial charge in [-0.1, -0.05) is 62.0 Å². The average Bonchev–Trinajstić information content (AvgIpc) is 3.62.